The van der Waals surface area contributed by atoms with Crippen LogP contribution in [0.3, 0.4) is 0 Å². The first kappa shape index (κ1) is 14.6. The Hall–Kier alpha value is -1.79. The zero-order valence-corrected chi connectivity index (χ0v) is 12.2. The smallest absolute Gasteiger partial charge is 0.355 e. The van der Waals surface area contributed by atoms with Gasteiger partial charge in [-0.2, -0.15) is 0 Å². The molecule has 1 N–H and O–H groups in total. The summed E-state index contributed by atoms with van der Waals surface area (Å²) in [5, 5.41) is 11.1. The Bertz CT molecular complexity index is 640. The monoisotopic (exact) mass is 294 g/mol. The van der Waals surface area contributed by atoms with Gasteiger partial charge in [0.25, 0.3) is 0 Å². The minimum absolute atomic E-state index is 0.0377. The van der Waals surface area contributed by atoms with E-state index >= 15 is 0 Å². The molecule has 0 saturated carbocycles. The molecule has 0 aliphatic rings. The van der Waals surface area contributed by atoms with Crippen LogP contribution in [0, 0.1) is 12.7 Å². The lowest BCUT2D eigenvalue weighted by molar-refractivity contribution is 0.0691. The molecule has 106 valence electrons. The lowest BCUT2D eigenvalue weighted by atomic mass is 10.0. The van der Waals surface area contributed by atoms with Crippen molar-refractivity contribution < 1.29 is 14.3 Å². The fourth-order valence-corrected chi connectivity index (χ4v) is 3.02. The Kier molecular flexibility index (Phi) is 4.15. The number of carbonyl (C=O) groups is 1. The average molecular weight is 294 g/mol. The molecule has 2 aromatic rings. The summed E-state index contributed by atoms with van der Waals surface area (Å²) < 4.78 is 13.4. The van der Waals surface area contributed by atoms with Gasteiger partial charge in [0.15, 0.2) is 5.69 Å². The third kappa shape index (κ3) is 2.86. The molecule has 0 aliphatic heterocycles. The van der Waals surface area contributed by atoms with E-state index in [1.807, 2.05) is 19.0 Å². The zero-order valence-electron chi connectivity index (χ0n) is 11.4. The first-order chi connectivity index (χ1) is 9.40. The Morgan fingerprint density at radius 1 is 1.45 bits per heavy atom. The van der Waals surface area contributed by atoms with E-state index in [0.717, 1.165) is 5.56 Å². The molecule has 0 fully saturated rings. The van der Waals surface area contributed by atoms with E-state index in [2.05, 4.69) is 4.98 Å². The number of benzene rings is 1. The van der Waals surface area contributed by atoms with E-state index < -0.39 is 5.97 Å². The number of aryl methyl sites for hydroxylation is 1. The van der Waals surface area contributed by atoms with Crippen LogP contribution >= 0.6 is 11.3 Å². The van der Waals surface area contributed by atoms with Crippen molar-refractivity contribution in [1.82, 2.24) is 9.88 Å². The highest BCUT2D eigenvalue weighted by molar-refractivity contribution is 7.10. The van der Waals surface area contributed by atoms with Gasteiger partial charge >= 0.3 is 5.97 Å². The van der Waals surface area contributed by atoms with Crippen LogP contribution in [0.15, 0.2) is 23.6 Å². The Balaban J connectivity index is 2.44. The number of aromatic nitrogens is 1. The summed E-state index contributed by atoms with van der Waals surface area (Å²) in [4.78, 5) is 17.0. The van der Waals surface area contributed by atoms with Crippen molar-refractivity contribution >= 4 is 17.3 Å². The predicted molar refractivity (Wildman–Crippen MR) is 75.7 cm³/mol. The number of aromatic carboxylic acids is 1. The molecule has 1 atom stereocenters. The number of hydrogen-bond donors (Lipinski definition) is 1. The highest BCUT2D eigenvalue weighted by Gasteiger charge is 2.22. The third-order valence-electron chi connectivity index (χ3n) is 2.99. The maximum absolute atomic E-state index is 13.4. The predicted octanol–water partition coefficient (Wildman–Crippen LogP) is 2.94. The minimum Gasteiger partial charge on any atom is -0.476 e. The van der Waals surface area contributed by atoms with Gasteiger partial charge in [-0.05, 0) is 38.2 Å². The zero-order chi connectivity index (χ0) is 14.9. The largest absolute Gasteiger partial charge is 0.476 e. The summed E-state index contributed by atoms with van der Waals surface area (Å²) in [5.41, 5.74) is 1.49. The molecule has 0 spiro atoms. The molecule has 2 rings (SSSR count). The molecular formula is C14H15FN2O2S. The third-order valence-corrected chi connectivity index (χ3v) is 3.89. The van der Waals surface area contributed by atoms with Crippen molar-refractivity contribution in [2.24, 2.45) is 0 Å². The van der Waals surface area contributed by atoms with Crippen molar-refractivity contribution in [3.63, 3.8) is 0 Å². The van der Waals surface area contributed by atoms with Crippen LogP contribution in [0.2, 0.25) is 0 Å². The van der Waals surface area contributed by atoms with Crippen LogP contribution in [0.1, 0.15) is 32.7 Å². The van der Waals surface area contributed by atoms with Crippen molar-refractivity contribution in [3.8, 4) is 0 Å². The van der Waals surface area contributed by atoms with E-state index in [0.29, 0.717) is 10.6 Å². The number of thiazole rings is 1. The van der Waals surface area contributed by atoms with E-state index in [1.54, 1.807) is 19.1 Å². The fraction of sp³-hybridized carbons (Fsp3) is 0.286. The molecular weight excluding hydrogens is 279 g/mol. The molecule has 1 heterocycles. The highest BCUT2D eigenvalue weighted by atomic mass is 32.1. The van der Waals surface area contributed by atoms with Crippen LogP contribution in [0.4, 0.5) is 4.39 Å². The lowest BCUT2D eigenvalue weighted by Gasteiger charge is -2.23. The number of carboxylic acid groups (broad SMARTS) is 1. The highest BCUT2D eigenvalue weighted by Crippen LogP contribution is 2.30. The molecule has 0 radical (unpaired) electrons. The number of halogens is 1. The van der Waals surface area contributed by atoms with E-state index in [-0.39, 0.29) is 17.6 Å². The SMILES string of the molecule is Cc1cc(C(c2nc(C(=O)O)cs2)N(C)C)ccc1F. The van der Waals surface area contributed by atoms with E-state index in [1.165, 1.54) is 22.8 Å². The summed E-state index contributed by atoms with van der Waals surface area (Å²) in [6.07, 6.45) is 0. The molecule has 6 heteroatoms. The second-order valence-corrected chi connectivity index (χ2v) is 5.64. The van der Waals surface area contributed by atoms with Crippen molar-refractivity contribution in [2.75, 3.05) is 14.1 Å². The maximum Gasteiger partial charge on any atom is 0.355 e. The molecule has 0 aliphatic carbocycles. The number of carboxylic acids is 1. The van der Waals surface area contributed by atoms with Crippen LogP contribution in [0.5, 0.6) is 0 Å². The van der Waals surface area contributed by atoms with Crippen molar-refractivity contribution in [1.29, 1.82) is 0 Å². The number of nitrogens with zero attached hydrogens (tertiary/aromatic N) is 2. The van der Waals surface area contributed by atoms with Gasteiger partial charge in [0.1, 0.15) is 10.8 Å². The first-order valence-corrected chi connectivity index (χ1v) is 6.89. The molecule has 0 bridgehead atoms. The minimum atomic E-state index is -1.04. The summed E-state index contributed by atoms with van der Waals surface area (Å²) in [6, 6.07) is 4.70. The van der Waals surface area contributed by atoms with Crippen molar-refractivity contribution in [2.45, 2.75) is 13.0 Å². The van der Waals surface area contributed by atoms with Crippen LogP contribution in [0.25, 0.3) is 0 Å². The quantitative estimate of drug-likeness (QED) is 0.942. The first-order valence-electron chi connectivity index (χ1n) is 6.01. The molecule has 1 aromatic carbocycles. The van der Waals surface area contributed by atoms with Crippen LogP contribution < -0.4 is 0 Å². The number of hydrogen-bond acceptors (Lipinski definition) is 4. The van der Waals surface area contributed by atoms with Gasteiger partial charge < -0.3 is 5.11 Å². The van der Waals surface area contributed by atoms with Gasteiger partial charge in [-0.3, -0.25) is 4.90 Å². The molecule has 1 unspecified atom stereocenters. The van der Waals surface area contributed by atoms with Crippen LogP contribution in [-0.2, 0) is 0 Å². The summed E-state index contributed by atoms with van der Waals surface area (Å²) in [6.45, 7) is 1.70. The molecule has 1 aromatic heterocycles. The van der Waals surface area contributed by atoms with E-state index in [4.69, 9.17) is 5.11 Å². The fourth-order valence-electron chi connectivity index (χ4n) is 2.01. The standard InChI is InChI=1S/C14H15FN2O2S/c1-8-6-9(4-5-10(8)15)12(17(2)3)13-16-11(7-20-13)14(18)19/h4-7,12H,1-3H3,(H,18,19). The Morgan fingerprint density at radius 3 is 2.65 bits per heavy atom. The molecule has 4 nitrogen and oxygen atoms in total. The summed E-state index contributed by atoms with van der Waals surface area (Å²) >= 11 is 1.29. The second kappa shape index (κ2) is 5.68. The molecule has 0 saturated heterocycles. The van der Waals surface area contributed by atoms with Gasteiger partial charge in [-0.1, -0.05) is 12.1 Å². The lowest BCUT2D eigenvalue weighted by Crippen LogP contribution is -2.21. The van der Waals surface area contributed by atoms with Crippen LogP contribution in [-0.4, -0.2) is 35.1 Å². The average Bonchev–Trinajstić information content (AvgIpc) is 2.83. The van der Waals surface area contributed by atoms with Gasteiger partial charge in [0.05, 0.1) is 6.04 Å². The maximum atomic E-state index is 13.4. The molecule has 20 heavy (non-hydrogen) atoms. The molecule has 0 amide bonds. The van der Waals surface area contributed by atoms with Gasteiger partial charge in [0.2, 0.25) is 0 Å². The van der Waals surface area contributed by atoms with Gasteiger partial charge in [-0.15, -0.1) is 11.3 Å². The summed E-state index contributed by atoms with van der Waals surface area (Å²) in [5.74, 6) is -1.29. The second-order valence-electron chi connectivity index (χ2n) is 4.75. The summed E-state index contributed by atoms with van der Waals surface area (Å²) in [7, 11) is 3.76. The van der Waals surface area contributed by atoms with Gasteiger partial charge in [-0.25, -0.2) is 14.2 Å². The topological polar surface area (TPSA) is 53.4 Å². The Morgan fingerprint density at radius 2 is 2.15 bits per heavy atom. The number of rotatable bonds is 4. The normalized spacial score (nSPS) is 12.7. The van der Waals surface area contributed by atoms with E-state index in [9.17, 15) is 9.18 Å². The van der Waals surface area contributed by atoms with Crippen molar-refractivity contribution in [3.05, 3.63) is 51.2 Å². The Labute approximate surface area is 120 Å². The van der Waals surface area contributed by atoms with Gasteiger partial charge in [0, 0.05) is 5.38 Å².